The number of methoxy groups -OCH3 is 1. The Morgan fingerprint density at radius 1 is 0.967 bits per heavy atom. The topological polar surface area (TPSA) is 82.1 Å². The third kappa shape index (κ3) is 4.01. The SMILES string of the molecule is CCOC(=O)C(C(=O)OCC)C1C(=O)N(Cc2ccccc2)c2c(OC)cccc21. The Morgan fingerprint density at radius 2 is 1.60 bits per heavy atom. The lowest BCUT2D eigenvalue weighted by Gasteiger charge is -2.21. The molecule has 7 heteroatoms. The molecule has 158 valence electrons. The molecule has 0 saturated heterocycles. The molecule has 7 nitrogen and oxygen atoms in total. The van der Waals surface area contributed by atoms with E-state index in [4.69, 9.17) is 14.2 Å². The van der Waals surface area contributed by atoms with Gasteiger partial charge in [-0.15, -0.1) is 0 Å². The molecule has 0 spiro atoms. The zero-order chi connectivity index (χ0) is 21.7. The first-order valence-corrected chi connectivity index (χ1v) is 9.88. The van der Waals surface area contributed by atoms with Gasteiger partial charge in [0.2, 0.25) is 5.91 Å². The highest BCUT2D eigenvalue weighted by Gasteiger charge is 2.50. The quantitative estimate of drug-likeness (QED) is 0.491. The van der Waals surface area contributed by atoms with Crippen LogP contribution < -0.4 is 9.64 Å². The van der Waals surface area contributed by atoms with Gasteiger partial charge in [0.25, 0.3) is 0 Å². The van der Waals surface area contributed by atoms with Crippen LogP contribution >= 0.6 is 0 Å². The van der Waals surface area contributed by atoms with Crippen LogP contribution in [0, 0.1) is 5.92 Å². The molecule has 2 aromatic rings. The Balaban J connectivity index is 2.10. The van der Waals surface area contributed by atoms with Crippen molar-refractivity contribution >= 4 is 23.5 Å². The van der Waals surface area contributed by atoms with E-state index < -0.39 is 23.8 Å². The van der Waals surface area contributed by atoms with E-state index in [9.17, 15) is 14.4 Å². The number of rotatable bonds is 8. The predicted molar refractivity (Wildman–Crippen MR) is 110 cm³/mol. The number of ether oxygens (including phenoxy) is 3. The van der Waals surface area contributed by atoms with Gasteiger partial charge < -0.3 is 19.1 Å². The molecular weight excluding hydrogens is 386 g/mol. The van der Waals surface area contributed by atoms with Gasteiger partial charge in [-0.2, -0.15) is 0 Å². The first-order valence-electron chi connectivity index (χ1n) is 9.88. The summed E-state index contributed by atoms with van der Waals surface area (Å²) in [4.78, 5) is 40.5. The van der Waals surface area contributed by atoms with Gasteiger partial charge in [-0.3, -0.25) is 14.4 Å². The van der Waals surface area contributed by atoms with Gasteiger partial charge in [0.15, 0.2) is 5.92 Å². The average molecular weight is 411 g/mol. The first kappa shape index (κ1) is 21.4. The fourth-order valence-corrected chi connectivity index (χ4v) is 3.73. The summed E-state index contributed by atoms with van der Waals surface area (Å²) in [5, 5.41) is 0. The van der Waals surface area contributed by atoms with Gasteiger partial charge in [0.05, 0.1) is 38.5 Å². The lowest BCUT2D eigenvalue weighted by atomic mass is 9.86. The summed E-state index contributed by atoms with van der Waals surface area (Å²) in [6, 6.07) is 14.7. The van der Waals surface area contributed by atoms with Crippen molar-refractivity contribution in [2.45, 2.75) is 26.3 Å². The van der Waals surface area contributed by atoms with Crippen molar-refractivity contribution < 1.29 is 28.6 Å². The van der Waals surface area contributed by atoms with Crippen molar-refractivity contribution in [2.24, 2.45) is 5.92 Å². The van der Waals surface area contributed by atoms with Crippen LogP contribution in [0.4, 0.5) is 5.69 Å². The minimum Gasteiger partial charge on any atom is -0.495 e. The zero-order valence-corrected chi connectivity index (χ0v) is 17.3. The third-order valence-corrected chi connectivity index (χ3v) is 4.99. The van der Waals surface area contributed by atoms with Crippen molar-refractivity contribution in [1.29, 1.82) is 0 Å². The zero-order valence-electron chi connectivity index (χ0n) is 17.3. The van der Waals surface area contributed by atoms with Crippen molar-refractivity contribution in [3.63, 3.8) is 0 Å². The van der Waals surface area contributed by atoms with E-state index >= 15 is 0 Å². The summed E-state index contributed by atoms with van der Waals surface area (Å²) >= 11 is 0. The molecule has 0 radical (unpaired) electrons. The maximum atomic E-state index is 13.5. The number of nitrogens with zero attached hydrogens (tertiary/aromatic N) is 1. The van der Waals surface area contributed by atoms with E-state index in [1.807, 2.05) is 30.3 Å². The van der Waals surface area contributed by atoms with Crippen molar-refractivity contribution in [3.05, 3.63) is 59.7 Å². The summed E-state index contributed by atoms with van der Waals surface area (Å²) in [7, 11) is 1.52. The lowest BCUT2D eigenvalue weighted by Crippen LogP contribution is -2.39. The van der Waals surface area contributed by atoms with E-state index in [0.29, 0.717) is 17.0 Å². The standard InChI is InChI=1S/C23H25NO6/c1-4-29-22(26)19(23(27)30-5-2)18-16-12-9-13-17(28-3)20(16)24(21(18)25)14-15-10-7-6-8-11-15/h6-13,18-19H,4-5,14H2,1-3H3. The van der Waals surface area contributed by atoms with Crippen LogP contribution in [0.1, 0.15) is 30.9 Å². The Morgan fingerprint density at radius 3 is 2.17 bits per heavy atom. The van der Waals surface area contributed by atoms with Crippen LogP contribution in [-0.2, 0) is 30.4 Å². The van der Waals surface area contributed by atoms with Crippen LogP contribution in [0.15, 0.2) is 48.5 Å². The van der Waals surface area contributed by atoms with Crippen molar-refractivity contribution in [1.82, 2.24) is 0 Å². The smallest absolute Gasteiger partial charge is 0.321 e. The first-order chi connectivity index (χ1) is 14.5. The van der Waals surface area contributed by atoms with E-state index in [1.165, 1.54) is 7.11 Å². The molecule has 0 saturated carbocycles. The normalized spacial score (nSPS) is 15.1. The number of carbonyl (C=O) groups is 3. The average Bonchev–Trinajstić information content (AvgIpc) is 3.01. The van der Waals surface area contributed by atoms with Gasteiger partial charge in [-0.05, 0) is 31.0 Å². The molecule has 0 fully saturated rings. The number of carbonyl (C=O) groups excluding carboxylic acids is 3. The number of hydrogen-bond acceptors (Lipinski definition) is 6. The van der Waals surface area contributed by atoms with Crippen LogP contribution in [-0.4, -0.2) is 38.2 Å². The summed E-state index contributed by atoms with van der Waals surface area (Å²) in [5.74, 6) is -3.86. The lowest BCUT2D eigenvalue weighted by molar-refractivity contribution is -0.164. The molecule has 0 aromatic heterocycles. The van der Waals surface area contributed by atoms with Gasteiger partial charge in [0.1, 0.15) is 5.75 Å². The second kappa shape index (κ2) is 9.43. The summed E-state index contributed by atoms with van der Waals surface area (Å²) in [6.45, 7) is 3.76. The minimum absolute atomic E-state index is 0.0916. The number of fused-ring (bicyclic) bond motifs is 1. The Bertz CT molecular complexity index is 909. The van der Waals surface area contributed by atoms with Crippen molar-refractivity contribution in [2.75, 3.05) is 25.2 Å². The minimum atomic E-state index is -1.39. The highest BCUT2D eigenvalue weighted by Crippen LogP contribution is 2.47. The van der Waals surface area contributed by atoms with E-state index in [-0.39, 0.29) is 25.7 Å². The highest BCUT2D eigenvalue weighted by atomic mass is 16.6. The summed E-state index contributed by atoms with van der Waals surface area (Å²) < 4.78 is 15.7. The Labute approximate surface area is 175 Å². The molecule has 1 aliphatic rings. The fourth-order valence-electron chi connectivity index (χ4n) is 3.73. The number of amides is 1. The Kier molecular flexibility index (Phi) is 6.72. The number of esters is 2. The van der Waals surface area contributed by atoms with Crippen LogP contribution in [0.2, 0.25) is 0 Å². The largest absolute Gasteiger partial charge is 0.495 e. The van der Waals surface area contributed by atoms with Gasteiger partial charge in [-0.25, -0.2) is 0 Å². The molecule has 2 aromatic carbocycles. The molecule has 3 rings (SSSR count). The predicted octanol–water partition coefficient (Wildman–Crippen LogP) is 3.07. The maximum Gasteiger partial charge on any atom is 0.321 e. The number of hydrogen-bond donors (Lipinski definition) is 0. The molecule has 1 atom stereocenters. The van der Waals surface area contributed by atoms with Crippen LogP contribution in [0.3, 0.4) is 0 Å². The van der Waals surface area contributed by atoms with Crippen LogP contribution in [0.25, 0.3) is 0 Å². The molecular formula is C23H25NO6. The maximum absolute atomic E-state index is 13.5. The number of benzene rings is 2. The molecule has 1 aliphatic heterocycles. The van der Waals surface area contributed by atoms with E-state index in [0.717, 1.165) is 5.56 Å². The molecule has 30 heavy (non-hydrogen) atoms. The molecule has 1 heterocycles. The molecule has 1 unspecified atom stereocenters. The molecule has 0 N–H and O–H groups in total. The highest BCUT2D eigenvalue weighted by molar-refractivity contribution is 6.12. The summed E-state index contributed by atoms with van der Waals surface area (Å²) in [6.07, 6.45) is 0. The van der Waals surface area contributed by atoms with Gasteiger partial charge in [-0.1, -0.05) is 42.5 Å². The number of para-hydroxylation sites is 1. The third-order valence-electron chi connectivity index (χ3n) is 4.99. The molecule has 1 amide bonds. The molecule has 0 bridgehead atoms. The van der Waals surface area contributed by atoms with E-state index in [1.54, 1.807) is 36.9 Å². The summed E-state index contributed by atoms with van der Waals surface area (Å²) in [5.41, 5.74) is 2.01. The van der Waals surface area contributed by atoms with Crippen LogP contribution in [0.5, 0.6) is 5.75 Å². The Hall–Kier alpha value is -3.35. The van der Waals surface area contributed by atoms with Gasteiger partial charge >= 0.3 is 11.9 Å². The second-order valence-corrected chi connectivity index (χ2v) is 6.77. The molecule has 0 aliphatic carbocycles. The van der Waals surface area contributed by atoms with Gasteiger partial charge in [0, 0.05) is 0 Å². The monoisotopic (exact) mass is 411 g/mol. The number of anilines is 1. The van der Waals surface area contributed by atoms with Crippen molar-refractivity contribution in [3.8, 4) is 5.75 Å². The van der Waals surface area contributed by atoms with E-state index in [2.05, 4.69) is 0 Å². The second-order valence-electron chi connectivity index (χ2n) is 6.77. The fraction of sp³-hybridized carbons (Fsp3) is 0.348.